The van der Waals surface area contributed by atoms with Crippen LogP contribution in [0.4, 0.5) is 15.3 Å². The molecule has 0 spiro atoms. The van der Waals surface area contributed by atoms with E-state index in [0.29, 0.717) is 10.2 Å². The standard InChI is InChI=1S/C11H12Br2N2O4/c1-3-18-11(17)19-15(10(16)14-2)7-4-5-8(12)9(13)6-7/h4-6H,3H2,1-2H3,(H,14,16). The lowest BCUT2D eigenvalue weighted by Gasteiger charge is -2.20. The summed E-state index contributed by atoms with van der Waals surface area (Å²) in [6.45, 7) is 1.80. The molecule has 0 aliphatic carbocycles. The fourth-order valence-corrected chi connectivity index (χ4v) is 1.76. The number of benzene rings is 1. The number of hydrogen-bond acceptors (Lipinski definition) is 4. The van der Waals surface area contributed by atoms with E-state index in [2.05, 4.69) is 41.9 Å². The molecule has 0 unspecified atom stereocenters. The van der Waals surface area contributed by atoms with Gasteiger partial charge in [-0.1, -0.05) is 0 Å². The highest BCUT2D eigenvalue weighted by atomic mass is 79.9. The second-order valence-corrected chi connectivity index (χ2v) is 4.93. The Bertz CT molecular complexity index is 482. The Morgan fingerprint density at radius 2 is 2.00 bits per heavy atom. The second kappa shape index (κ2) is 7.34. The van der Waals surface area contributed by atoms with Crippen molar-refractivity contribution in [2.24, 2.45) is 0 Å². The van der Waals surface area contributed by atoms with Gasteiger partial charge in [-0.3, -0.25) is 4.84 Å². The van der Waals surface area contributed by atoms with Gasteiger partial charge in [0, 0.05) is 16.0 Å². The van der Waals surface area contributed by atoms with Gasteiger partial charge in [-0.25, -0.2) is 9.59 Å². The fourth-order valence-electron chi connectivity index (χ4n) is 1.14. The third-order valence-electron chi connectivity index (χ3n) is 1.96. The maximum atomic E-state index is 11.7. The summed E-state index contributed by atoms with van der Waals surface area (Å²) in [5, 5.41) is 3.19. The summed E-state index contributed by atoms with van der Waals surface area (Å²) in [6.07, 6.45) is -0.954. The molecular weight excluding hydrogens is 384 g/mol. The highest BCUT2D eigenvalue weighted by Crippen LogP contribution is 2.28. The van der Waals surface area contributed by atoms with Crippen LogP contribution in [0, 0.1) is 0 Å². The van der Waals surface area contributed by atoms with Crippen LogP contribution in [0.5, 0.6) is 0 Å². The predicted molar refractivity (Wildman–Crippen MR) is 76.9 cm³/mol. The quantitative estimate of drug-likeness (QED) is 0.615. The van der Waals surface area contributed by atoms with Crippen LogP contribution in [0.25, 0.3) is 0 Å². The molecule has 1 aromatic rings. The lowest BCUT2D eigenvalue weighted by atomic mass is 10.3. The first kappa shape index (κ1) is 15.8. The second-order valence-electron chi connectivity index (χ2n) is 3.22. The minimum Gasteiger partial charge on any atom is -0.433 e. The van der Waals surface area contributed by atoms with Gasteiger partial charge in [0.2, 0.25) is 0 Å². The van der Waals surface area contributed by atoms with E-state index >= 15 is 0 Å². The van der Waals surface area contributed by atoms with E-state index in [9.17, 15) is 9.59 Å². The van der Waals surface area contributed by atoms with Crippen molar-refractivity contribution in [3.63, 3.8) is 0 Å². The summed E-state index contributed by atoms with van der Waals surface area (Å²) in [7, 11) is 1.43. The smallest absolute Gasteiger partial charge is 0.433 e. The summed E-state index contributed by atoms with van der Waals surface area (Å²) in [6, 6.07) is 4.36. The molecule has 0 heterocycles. The molecule has 0 bridgehead atoms. The lowest BCUT2D eigenvalue weighted by molar-refractivity contribution is 0.0553. The van der Waals surface area contributed by atoms with Gasteiger partial charge >= 0.3 is 12.2 Å². The largest absolute Gasteiger partial charge is 0.533 e. The minimum absolute atomic E-state index is 0.157. The monoisotopic (exact) mass is 394 g/mol. The van der Waals surface area contributed by atoms with Crippen molar-refractivity contribution in [1.82, 2.24) is 5.32 Å². The van der Waals surface area contributed by atoms with Crippen molar-refractivity contribution in [2.45, 2.75) is 6.92 Å². The van der Waals surface area contributed by atoms with Gasteiger partial charge in [-0.2, -0.15) is 0 Å². The van der Waals surface area contributed by atoms with E-state index in [1.54, 1.807) is 25.1 Å². The van der Waals surface area contributed by atoms with Crippen molar-refractivity contribution in [3.8, 4) is 0 Å². The van der Waals surface area contributed by atoms with Gasteiger partial charge in [-0.15, -0.1) is 5.06 Å². The molecule has 0 atom stereocenters. The van der Waals surface area contributed by atoms with E-state index in [4.69, 9.17) is 4.84 Å². The minimum atomic E-state index is -0.954. The molecule has 0 fully saturated rings. The normalized spacial score (nSPS) is 9.68. The van der Waals surface area contributed by atoms with E-state index in [-0.39, 0.29) is 6.61 Å². The van der Waals surface area contributed by atoms with E-state index < -0.39 is 12.2 Å². The number of nitrogens with zero attached hydrogens (tertiary/aromatic N) is 1. The van der Waals surface area contributed by atoms with Crippen molar-refractivity contribution >= 4 is 49.7 Å². The first-order chi connectivity index (χ1) is 8.99. The van der Waals surface area contributed by atoms with Gasteiger partial charge in [0.15, 0.2) is 0 Å². The number of anilines is 1. The zero-order chi connectivity index (χ0) is 14.4. The van der Waals surface area contributed by atoms with Crippen LogP contribution in [0.3, 0.4) is 0 Å². The number of carbonyl (C=O) groups excluding carboxylic acids is 2. The summed E-state index contributed by atoms with van der Waals surface area (Å²) in [5.41, 5.74) is 0.377. The van der Waals surface area contributed by atoms with Crippen molar-refractivity contribution in [3.05, 3.63) is 27.1 Å². The third-order valence-corrected chi connectivity index (χ3v) is 3.84. The number of urea groups is 1. The average Bonchev–Trinajstić information content (AvgIpc) is 2.39. The number of amides is 2. The molecule has 0 aromatic heterocycles. The Hall–Kier alpha value is -1.28. The zero-order valence-corrected chi connectivity index (χ0v) is 13.4. The average molecular weight is 396 g/mol. The first-order valence-corrected chi connectivity index (χ1v) is 6.89. The molecule has 6 nitrogen and oxygen atoms in total. The number of nitrogens with one attached hydrogen (secondary N) is 1. The van der Waals surface area contributed by atoms with E-state index in [1.807, 2.05) is 0 Å². The molecule has 0 radical (unpaired) electrons. The third kappa shape index (κ3) is 4.39. The number of carbonyl (C=O) groups is 2. The molecule has 0 saturated heterocycles. The van der Waals surface area contributed by atoms with Crippen molar-refractivity contribution in [2.75, 3.05) is 18.7 Å². The maximum Gasteiger partial charge on any atom is 0.533 e. The molecular formula is C11H12Br2N2O4. The van der Waals surface area contributed by atoms with Gasteiger partial charge in [0.05, 0.1) is 12.3 Å². The van der Waals surface area contributed by atoms with Crippen LogP contribution in [0.2, 0.25) is 0 Å². The Balaban J connectivity index is 2.99. The summed E-state index contributed by atoms with van der Waals surface area (Å²) in [4.78, 5) is 27.9. The molecule has 1 N–H and O–H groups in total. The van der Waals surface area contributed by atoms with Gasteiger partial charge in [0.1, 0.15) is 0 Å². The Morgan fingerprint density at radius 1 is 1.32 bits per heavy atom. The van der Waals surface area contributed by atoms with Crippen LogP contribution in [-0.4, -0.2) is 25.8 Å². The molecule has 0 aliphatic rings. The van der Waals surface area contributed by atoms with E-state index in [1.165, 1.54) is 7.05 Å². The lowest BCUT2D eigenvalue weighted by Crippen LogP contribution is -2.40. The van der Waals surface area contributed by atoms with Crippen molar-refractivity contribution < 1.29 is 19.2 Å². The first-order valence-electron chi connectivity index (χ1n) is 5.31. The zero-order valence-electron chi connectivity index (χ0n) is 10.3. The number of hydrogen-bond donors (Lipinski definition) is 1. The molecule has 2 amide bonds. The summed E-state index contributed by atoms with van der Waals surface area (Å²) >= 11 is 6.62. The van der Waals surface area contributed by atoms with Crippen LogP contribution >= 0.6 is 31.9 Å². The van der Waals surface area contributed by atoms with Crippen LogP contribution in [-0.2, 0) is 9.57 Å². The number of halogens is 2. The number of hydroxylamine groups is 1. The Morgan fingerprint density at radius 3 is 2.53 bits per heavy atom. The molecule has 1 aromatic carbocycles. The highest BCUT2D eigenvalue weighted by Gasteiger charge is 2.21. The molecule has 0 saturated carbocycles. The molecule has 19 heavy (non-hydrogen) atoms. The van der Waals surface area contributed by atoms with E-state index in [0.717, 1.165) is 9.54 Å². The van der Waals surface area contributed by atoms with Crippen molar-refractivity contribution in [1.29, 1.82) is 0 Å². The van der Waals surface area contributed by atoms with Crippen LogP contribution in [0.15, 0.2) is 27.1 Å². The Labute approximate surface area is 127 Å². The predicted octanol–water partition coefficient (Wildman–Crippen LogP) is 3.45. The van der Waals surface area contributed by atoms with Gasteiger partial charge in [-0.05, 0) is 57.0 Å². The Kier molecular flexibility index (Phi) is 6.10. The SMILES string of the molecule is CCOC(=O)ON(C(=O)NC)c1ccc(Br)c(Br)c1. The van der Waals surface area contributed by atoms with Gasteiger partial charge in [0.25, 0.3) is 0 Å². The topological polar surface area (TPSA) is 67.9 Å². The fraction of sp³-hybridized carbons (Fsp3) is 0.273. The van der Waals surface area contributed by atoms with Gasteiger partial charge < -0.3 is 10.1 Å². The molecule has 8 heteroatoms. The highest BCUT2D eigenvalue weighted by molar-refractivity contribution is 9.13. The van der Waals surface area contributed by atoms with Crippen LogP contribution < -0.4 is 10.4 Å². The number of ether oxygens (including phenoxy) is 1. The molecule has 1 rings (SSSR count). The molecule has 0 aliphatic heterocycles. The maximum absolute atomic E-state index is 11.7. The number of rotatable bonds is 2. The summed E-state index contributed by atoms with van der Waals surface area (Å²) in [5.74, 6) is 0. The van der Waals surface area contributed by atoms with Crippen LogP contribution in [0.1, 0.15) is 6.92 Å². The summed E-state index contributed by atoms with van der Waals surface area (Å²) < 4.78 is 6.16. The molecule has 104 valence electrons.